The van der Waals surface area contributed by atoms with Crippen molar-refractivity contribution in [3.8, 4) is 0 Å². The maximum atomic E-state index is 13.1. The summed E-state index contributed by atoms with van der Waals surface area (Å²) in [6.45, 7) is 3.20. The summed E-state index contributed by atoms with van der Waals surface area (Å²) in [5.74, 6) is -0.129. The monoisotopic (exact) mass is 292 g/mol. The topological polar surface area (TPSA) is 46.3 Å². The zero-order valence-electron chi connectivity index (χ0n) is 12.8. The number of anilines is 1. The van der Waals surface area contributed by atoms with Gasteiger partial charge < -0.3 is 10.6 Å². The van der Waals surface area contributed by atoms with Crippen LogP contribution in [0.15, 0.2) is 24.3 Å². The molecule has 1 amide bonds. The highest BCUT2D eigenvalue weighted by Crippen LogP contribution is 2.38. The van der Waals surface area contributed by atoms with Crippen LogP contribution >= 0.6 is 0 Å². The lowest BCUT2D eigenvalue weighted by Gasteiger charge is -2.37. The summed E-state index contributed by atoms with van der Waals surface area (Å²) in [7, 11) is 0. The fraction of sp³-hybridized carbons (Fsp3) is 0.588. The first-order valence-electron chi connectivity index (χ1n) is 7.84. The first-order valence-corrected chi connectivity index (χ1v) is 7.84. The van der Waals surface area contributed by atoms with E-state index in [9.17, 15) is 9.18 Å². The largest absolute Gasteiger partial charge is 0.330 e. The lowest BCUT2D eigenvalue weighted by Crippen LogP contribution is -2.44. The van der Waals surface area contributed by atoms with Gasteiger partial charge in [-0.05, 0) is 50.1 Å². The van der Waals surface area contributed by atoms with E-state index in [0.717, 1.165) is 37.8 Å². The molecule has 2 N–H and O–H groups in total. The van der Waals surface area contributed by atoms with Crippen LogP contribution in [0.1, 0.15) is 45.4 Å². The Bertz CT molecular complexity index is 466. The quantitative estimate of drug-likeness (QED) is 0.903. The van der Waals surface area contributed by atoms with Gasteiger partial charge in [-0.2, -0.15) is 0 Å². The molecule has 0 unspecified atom stereocenters. The van der Waals surface area contributed by atoms with Crippen LogP contribution < -0.4 is 10.6 Å². The fourth-order valence-corrected chi connectivity index (χ4v) is 3.09. The minimum absolute atomic E-state index is 0.155. The Hall–Kier alpha value is -1.42. The van der Waals surface area contributed by atoms with Crippen molar-refractivity contribution in [3.05, 3.63) is 30.1 Å². The number of halogens is 1. The average Bonchev–Trinajstić information content (AvgIpc) is 2.50. The van der Waals surface area contributed by atoms with Crippen molar-refractivity contribution in [1.82, 2.24) is 0 Å². The van der Waals surface area contributed by atoms with Crippen LogP contribution in [0.3, 0.4) is 0 Å². The molecule has 0 aliphatic heterocycles. The summed E-state index contributed by atoms with van der Waals surface area (Å²) in [6.07, 6.45) is 6.05. The Balaban J connectivity index is 2.22. The van der Waals surface area contributed by atoms with Gasteiger partial charge in [0.25, 0.3) is 0 Å². The molecule has 116 valence electrons. The lowest BCUT2D eigenvalue weighted by atomic mass is 9.74. The Morgan fingerprint density at radius 1 is 1.24 bits per heavy atom. The van der Waals surface area contributed by atoms with Crippen LogP contribution in [0.25, 0.3) is 0 Å². The van der Waals surface area contributed by atoms with Crippen LogP contribution in [0, 0.1) is 11.2 Å². The third-order valence-corrected chi connectivity index (χ3v) is 4.44. The molecule has 1 aromatic carbocycles. The van der Waals surface area contributed by atoms with Crippen LogP contribution in [0.5, 0.6) is 0 Å². The number of hydrogen-bond donors (Lipinski definition) is 1. The number of nitrogens with zero attached hydrogens (tertiary/aromatic N) is 1. The van der Waals surface area contributed by atoms with Gasteiger partial charge >= 0.3 is 0 Å². The summed E-state index contributed by atoms with van der Waals surface area (Å²) >= 11 is 0. The van der Waals surface area contributed by atoms with Gasteiger partial charge in [0.05, 0.1) is 0 Å². The van der Waals surface area contributed by atoms with Gasteiger partial charge in [0, 0.05) is 17.6 Å². The zero-order chi connectivity index (χ0) is 15.3. The highest BCUT2D eigenvalue weighted by Gasteiger charge is 2.37. The summed E-state index contributed by atoms with van der Waals surface area (Å²) in [4.78, 5) is 14.8. The van der Waals surface area contributed by atoms with Gasteiger partial charge in [0.15, 0.2) is 0 Å². The van der Waals surface area contributed by atoms with Crippen molar-refractivity contribution < 1.29 is 9.18 Å². The van der Waals surface area contributed by atoms with E-state index < -0.39 is 0 Å². The number of hydrogen-bond acceptors (Lipinski definition) is 2. The molecule has 1 fully saturated rings. The smallest absolute Gasteiger partial charge is 0.232 e. The van der Waals surface area contributed by atoms with Crippen LogP contribution in [0.4, 0.5) is 10.1 Å². The van der Waals surface area contributed by atoms with E-state index in [-0.39, 0.29) is 17.1 Å². The van der Waals surface area contributed by atoms with Crippen LogP contribution in [-0.4, -0.2) is 19.0 Å². The molecule has 1 saturated carbocycles. The number of amides is 1. The predicted molar refractivity (Wildman–Crippen MR) is 83.6 cm³/mol. The average molecular weight is 292 g/mol. The second-order valence-electron chi connectivity index (χ2n) is 6.20. The molecular formula is C17H25FN2O. The minimum Gasteiger partial charge on any atom is -0.330 e. The molecule has 0 radical (unpaired) electrons. The lowest BCUT2D eigenvalue weighted by molar-refractivity contribution is -0.129. The zero-order valence-corrected chi connectivity index (χ0v) is 12.8. The highest BCUT2D eigenvalue weighted by atomic mass is 19.1. The molecule has 0 spiro atoms. The second kappa shape index (κ2) is 7.03. The second-order valence-corrected chi connectivity index (χ2v) is 6.20. The van der Waals surface area contributed by atoms with Crippen molar-refractivity contribution >= 4 is 11.6 Å². The van der Waals surface area contributed by atoms with E-state index in [4.69, 9.17) is 5.73 Å². The third-order valence-electron chi connectivity index (χ3n) is 4.44. The van der Waals surface area contributed by atoms with E-state index in [1.54, 1.807) is 17.0 Å². The van der Waals surface area contributed by atoms with E-state index in [1.165, 1.54) is 18.6 Å². The van der Waals surface area contributed by atoms with Crippen molar-refractivity contribution in [2.45, 2.75) is 45.4 Å². The maximum absolute atomic E-state index is 13.1. The molecule has 1 aromatic rings. The Morgan fingerprint density at radius 3 is 2.43 bits per heavy atom. The van der Waals surface area contributed by atoms with E-state index in [1.807, 2.05) is 0 Å². The van der Waals surface area contributed by atoms with Crippen molar-refractivity contribution in [1.29, 1.82) is 0 Å². The van der Waals surface area contributed by atoms with Gasteiger partial charge in [-0.1, -0.05) is 26.2 Å². The molecule has 0 aromatic heterocycles. The summed E-state index contributed by atoms with van der Waals surface area (Å²) < 4.78 is 13.1. The molecule has 3 nitrogen and oxygen atoms in total. The predicted octanol–water partition coefficient (Wildman–Crippen LogP) is 3.48. The SMILES string of the molecule is CC1(C(=O)N(CCCN)c2ccc(F)cc2)CCCCC1. The highest BCUT2D eigenvalue weighted by molar-refractivity contribution is 5.97. The number of rotatable bonds is 5. The Labute approximate surface area is 126 Å². The van der Waals surface area contributed by atoms with E-state index in [2.05, 4.69) is 6.92 Å². The minimum atomic E-state index is -0.290. The van der Waals surface area contributed by atoms with Crippen LogP contribution in [-0.2, 0) is 4.79 Å². The van der Waals surface area contributed by atoms with E-state index >= 15 is 0 Å². The molecule has 2 rings (SSSR count). The maximum Gasteiger partial charge on any atom is 0.232 e. The molecule has 0 bridgehead atoms. The van der Waals surface area contributed by atoms with Crippen molar-refractivity contribution in [2.75, 3.05) is 18.0 Å². The summed E-state index contributed by atoms with van der Waals surface area (Å²) in [5.41, 5.74) is 6.07. The normalized spacial score (nSPS) is 17.5. The summed E-state index contributed by atoms with van der Waals surface area (Å²) in [5, 5.41) is 0. The molecular weight excluding hydrogens is 267 g/mol. The molecule has 0 heterocycles. The van der Waals surface area contributed by atoms with Crippen LogP contribution in [0.2, 0.25) is 0 Å². The standard InChI is InChI=1S/C17H25FN2O/c1-17(10-3-2-4-11-17)16(21)20(13-5-12-19)15-8-6-14(18)7-9-15/h6-9H,2-5,10-13,19H2,1H3. The first-order chi connectivity index (χ1) is 10.1. The molecule has 0 saturated heterocycles. The molecule has 1 aliphatic rings. The van der Waals surface area contributed by atoms with Crippen molar-refractivity contribution in [3.63, 3.8) is 0 Å². The number of benzene rings is 1. The number of carbonyl (C=O) groups is 1. The van der Waals surface area contributed by atoms with Crippen molar-refractivity contribution in [2.24, 2.45) is 11.1 Å². The van der Waals surface area contributed by atoms with Gasteiger partial charge in [0.1, 0.15) is 5.82 Å². The first kappa shape index (κ1) is 16.0. The molecule has 21 heavy (non-hydrogen) atoms. The summed E-state index contributed by atoms with van der Waals surface area (Å²) in [6, 6.07) is 6.16. The molecule has 0 atom stereocenters. The Morgan fingerprint density at radius 2 is 1.86 bits per heavy atom. The van der Waals surface area contributed by atoms with E-state index in [0.29, 0.717) is 13.1 Å². The van der Waals surface area contributed by atoms with Gasteiger partial charge in [0.2, 0.25) is 5.91 Å². The van der Waals surface area contributed by atoms with Gasteiger partial charge in [-0.3, -0.25) is 4.79 Å². The fourth-order valence-electron chi connectivity index (χ4n) is 3.09. The Kier molecular flexibility index (Phi) is 5.34. The third kappa shape index (κ3) is 3.82. The number of nitrogens with two attached hydrogens (primary N) is 1. The van der Waals surface area contributed by atoms with Gasteiger partial charge in [-0.15, -0.1) is 0 Å². The molecule has 4 heteroatoms. The van der Waals surface area contributed by atoms with Gasteiger partial charge in [-0.25, -0.2) is 4.39 Å². The molecule has 1 aliphatic carbocycles. The number of carbonyl (C=O) groups excluding carboxylic acids is 1.